The summed E-state index contributed by atoms with van der Waals surface area (Å²) in [5.41, 5.74) is 0. The van der Waals surface area contributed by atoms with E-state index in [1.54, 1.807) is 18.5 Å². The van der Waals surface area contributed by atoms with Gasteiger partial charge in [-0.05, 0) is 18.9 Å². The molecule has 1 aliphatic rings. The lowest BCUT2D eigenvalue weighted by Gasteiger charge is -2.28. The van der Waals surface area contributed by atoms with Crippen molar-refractivity contribution in [2.24, 2.45) is 0 Å². The third-order valence-corrected chi connectivity index (χ3v) is 7.03. The fourth-order valence-corrected chi connectivity index (χ4v) is 4.44. The fraction of sp³-hybridized carbons (Fsp3) is 0.500. The number of rotatable bonds is 5. The lowest BCUT2D eigenvalue weighted by atomic mass is 9.93. The van der Waals surface area contributed by atoms with Crippen LogP contribution in [0.5, 0.6) is 0 Å². The summed E-state index contributed by atoms with van der Waals surface area (Å²) in [6.45, 7) is 6.62. The van der Waals surface area contributed by atoms with Crippen LogP contribution in [0.1, 0.15) is 36.5 Å². The Labute approximate surface area is 163 Å². The van der Waals surface area contributed by atoms with Gasteiger partial charge < -0.3 is 14.8 Å². The lowest BCUT2D eigenvalue weighted by Crippen LogP contribution is -2.46. The minimum Gasteiger partial charge on any atom is -0.447 e. The molecule has 2 aromatic heterocycles. The van der Waals surface area contributed by atoms with Gasteiger partial charge in [-0.3, -0.25) is 5.32 Å². The first kappa shape index (κ1) is 19.8. The van der Waals surface area contributed by atoms with Crippen molar-refractivity contribution in [1.29, 1.82) is 0 Å². The van der Waals surface area contributed by atoms with Crippen molar-refractivity contribution in [3.8, 4) is 0 Å². The molecule has 0 radical (unpaired) electrons. The van der Waals surface area contributed by atoms with E-state index in [0.717, 1.165) is 35.9 Å². The van der Waals surface area contributed by atoms with Crippen LogP contribution < -0.4 is 16.0 Å². The first-order valence-corrected chi connectivity index (χ1v) is 13.5. The minimum absolute atomic E-state index is 0.191. The van der Waals surface area contributed by atoms with E-state index in [0.29, 0.717) is 11.0 Å². The van der Waals surface area contributed by atoms with E-state index in [4.69, 9.17) is 4.42 Å². The zero-order valence-electron chi connectivity index (χ0n) is 15.9. The number of aliphatic hydroxyl groups excluding tert-OH is 1. The Bertz CT molecular complexity index is 812. The Balaban J connectivity index is 1.55. The molecule has 2 amide bonds. The zero-order chi connectivity index (χ0) is 19.4. The van der Waals surface area contributed by atoms with E-state index in [2.05, 4.69) is 40.2 Å². The summed E-state index contributed by atoms with van der Waals surface area (Å²) < 4.78 is 5.78. The number of carbonyl (C=O) groups excluding carboxylic acids is 1. The van der Waals surface area contributed by atoms with Crippen molar-refractivity contribution in [3.63, 3.8) is 0 Å². The second-order valence-corrected chi connectivity index (χ2v) is 13.8. The predicted molar refractivity (Wildman–Crippen MR) is 111 cm³/mol. The number of carbonyl (C=O) groups is 1. The summed E-state index contributed by atoms with van der Waals surface area (Å²) in [7, 11) is -1.50. The standard InChI is InChI=1S/C18H26N4O3SSi/c1-27(2,3)16-11-19-15(25-16)9-8-12-10-20-18(26-12)22-17(24)21-13-6-4-5-7-14(13)23/h8-11,13-14,23H,4-7H2,1-3H3,(H2,20,21,22,24). The number of nitrogens with one attached hydrogen (secondary N) is 2. The maximum atomic E-state index is 12.1. The number of hydrogen-bond acceptors (Lipinski definition) is 6. The minimum atomic E-state index is -1.50. The van der Waals surface area contributed by atoms with E-state index in [9.17, 15) is 9.90 Å². The smallest absolute Gasteiger partial charge is 0.321 e. The van der Waals surface area contributed by atoms with Crippen LogP contribution in [0.15, 0.2) is 16.8 Å². The SMILES string of the molecule is C[Si](C)(C)c1cnc(C=Cc2cnc(NC(=O)NC3CCCCC3O)s2)o1. The Kier molecular flexibility index (Phi) is 6.13. The van der Waals surface area contributed by atoms with Gasteiger partial charge in [0.05, 0.1) is 18.3 Å². The molecular formula is C18H26N4O3SSi. The van der Waals surface area contributed by atoms with Crippen LogP contribution in [0.3, 0.4) is 0 Å². The third-order valence-electron chi connectivity index (χ3n) is 4.44. The maximum Gasteiger partial charge on any atom is 0.321 e. The van der Waals surface area contributed by atoms with Crippen LogP contribution in [0.2, 0.25) is 19.6 Å². The van der Waals surface area contributed by atoms with Gasteiger partial charge in [0, 0.05) is 17.2 Å². The second-order valence-electron chi connectivity index (χ2n) is 7.77. The molecule has 3 N–H and O–H groups in total. The number of aromatic nitrogens is 2. The van der Waals surface area contributed by atoms with Gasteiger partial charge in [-0.1, -0.05) is 43.8 Å². The number of nitrogens with zero attached hydrogens (tertiary/aromatic N) is 2. The molecule has 1 saturated carbocycles. The highest BCUT2D eigenvalue weighted by atomic mass is 32.1. The Hall–Kier alpha value is -1.97. The van der Waals surface area contributed by atoms with Gasteiger partial charge in [-0.15, -0.1) is 0 Å². The average molecular weight is 407 g/mol. The molecule has 27 heavy (non-hydrogen) atoms. The fourth-order valence-electron chi connectivity index (χ4n) is 2.87. The highest BCUT2D eigenvalue weighted by molar-refractivity contribution is 7.16. The Morgan fingerprint density at radius 2 is 2.04 bits per heavy atom. The molecule has 2 aromatic rings. The van der Waals surface area contributed by atoms with E-state index < -0.39 is 14.2 Å². The Morgan fingerprint density at radius 3 is 2.74 bits per heavy atom. The van der Waals surface area contributed by atoms with E-state index >= 15 is 0 Å². The van der Waals surface area contributed by atoms with Crippen LogP contribution >= 0.6 is 11.3 Å². The van der Waals surface area contributed by atoms with Gasteiger partial charge in [0.2, 0.25) is 5.89 Å². The molecule has 0 spiro atoms. The average Bonchev–Trinajstić information content (AvgIpc) is 3.24. The molecule has 0 aliphatic heterocycles. The number of aliphatic hydroxyl groups is 1. The molecule has 2 atom stereocenters. The van der Waals surface area contributed by atoms with Gasteiger partial charge >= 0.3 is 6.03 Å². The summed E-state index contributed by atoms with van der Waals surface area (Å²) in [6, 6.07) is -0.526. The van der Waals surface area contributed by atoms with Crippen LogP contribution in [0.25, 0.3) is 12.2 Å². The van der Waals surface area contributed by atoms with Gasteiger partial charge in [0.15, 0.2) is 5.13 Å². The van der Waals surface area contributed by atoms with Crippen LogP contribution in [0, 0.1) is 0 Å². The lowest BCUT2D eigenvalue weighted by molar-refractivity contribution is 0.0955. The molecule has 3 rings (SSSR count). The van der Waals surface area contributed by atoms with Crippen LogP contribution in [-0.4, -0.2) is 41.3 Å². The van der Waals surface area contributed by atoms with Crippen molar-refractivity contribution >= 4 is 48.1 Å². The summed E-state index contributed by atoms with van der Waals surface area (Å²) in [5, 5.41) is 17.0. The summed E-state index contributed by atoms with van der Waals surface area (Å²) in [6.07, 6.45) is 10.3. The molecule has 0 bridgehead atoms. The van der Waals surface area contributed by atoms with E-state index in [1.807, 2.05) is 6.08 Å². The highest BCUT2D eigenvalue weighted by Gasteiger charge is 2.24. The zero-order valence-corrected chi connectivity index (χ0v) is 17.7. The second kappa shape index (κ2) is 8.36. The molecular weight excluding hydrogens is 380 g/mol. The maximum absolute atomic E-state index is 12.1. The van der Waals surface area contributed by atoms with Crippen molar-refractivity contribution in [2.75, 3.05) is 5.32 Å². The first-order valence-electron chi connectivity index (χ1n) is 9.17. The van der Waals surface area contributed by atoms with Crippen LogP contribution in [0.4, 0.5) is 9.93 Å². The third kappa shape index (κ3) is 5.50. The molecule has 146 valence electrons. The van der Waals surface area contributed by atoms with Crippen molar-refractivity contribution in [1.82, 2.24) is 15.3 Å². The number of hydrogen-bond donors (Lipinski definition) is 3. The molecule has 7 nitrogen and oxygen atoms in total. The van der Waals surface area contributed by atoms with Gasteiger partial charge in [0.1, 0.15) is 13.5 Å². The van der Waals surface area contributed by atoms with Crippen LogP contribution in [-0.2, 0) is 0 Å². The van der Waals surface area contributed by atoms with Gasteiger partial charge in [-0.2, -0.15) is 0 Å². The van der Waals surface area contributed by atoms with Gasteiger partial charge in [0.25, 0.3) is 0 Å². The number of anilines is 1. The molecule has 0 saturated heterocycles. The quantitative estimate of drug-likeness (QED) is 0.662. The van der Waals surface area contributed by atoms with Crippen molar-refractivity contribution in [3.05, 3.63) is 23.2 Å². The number of oxazole rings is 1. The monoisotopic (exact) mass is 406 g/mol. The van der Waals surface area contributed by atoms with Crippen molar-refractivity contribution in [2.45, 2.75) is 57.5 Å². The highest BCUT2D eigenvalue weighted by Crippen LogP contribution is 2.21. The summed E-state index contributed by atoms with van der Waals surface area (Å²) >= 11 is 1.36. The van der Waals surface area contributed by atoms with E-state index in [1.165, 1.54) is 11.3 Å². The molecule has 0 aromatic carbocycles. The van der Waals surface area contributed by atoms with E-state index in [-0.39, 0.29) is 12.1 Å². The van der Waals surface area contributed by atoms with Gasteiger partial charge in [-0.25, -0.2) is 14.8 Å². The molecule has 1 aliphatic carbocycles. The topological polar surface area (TPSA) is 100 Å². The molecule has 1 fully saturated rings. The molecule has 2 unspecified atom stereocenters. The number of amides is 2. The summed E-state index contributed by atoms with van der Waals surface area (Å²) in [4.78, 5) is 21.5. The first-order chi connectivity index (χ1) is 12.8. The predicted octanol–water partition coefficient (Wildman–Crippen LogP) is 3.27. The number of urea groups is 1. The normalized spacial score (nSPS) is 20.7. The molecule has 2 heterocycles. The van der Waals surface area contributed by atoms with Crippen molar-refractivity contribution < 1.29 is 14.3 Å². The Morgan fingerprint density at radius 1 is 1.26 bits per heavy atom. The number of thiazole rings is 1. The largest absolute Gasteiger partial charge is 0.447 e. The molecule has 9 heteroatoms. The summed E-state index contributed by atoms with van der Waals surface area (Å²) in [5.74, 6) is 0.569.